The van der Waals surface area contributed by atoms with E-state index in [0.717, 1.165) is 9.24 Å². The molecule has 17 heavy (non-hydrogen) atoms. The molecular formula is C10H9N3O2S2. The van der Waals surface area contributed by atoms with Gasteiger partial charge in [-0.25, -0.2) is 9.78 Å². The van der Waals surface area contributed by atoms with Crippen LogP contribution in [0.5, 0.6) is 0 Å². The van der Waals surface area contributed by atoms with Crippen molar-refractivity contribution in [3.05, 3.63) is 30.1 Å². The number of nitrogens with two attached hydrogens (primary N) is 1. The standard InChI is InChI=1S/C10H9N3O2S2/c1-15-9(14)6-2-3-8(7(11)4-6)16-10-12-5-13-17-10/h2-5H,11H2,1H3. The molecule has 0 saturated carbocycles. The number of hydrogen-bond donors (Lipinski definition) is 1. The average Bonchev–Trinajstić information content (AvgIpc) is 2.83. The van der Waals surface area contributed by atoms with E-state index in [0.29, 0.717) is 11.3 Å². The number of benzene rings is 1. The Morgan fingerprint density at radius 2 is 2.35 bits per heavy atom. The summed E-state index contributed by atoms with van der Waals surface area (Å²) in [4.78, 5) is 16.2. The number of hydrogen-bond acceptors (Lipinski definition) is 7. The van der Waals surface area contributed by atoms with Crippen molar-refractivity contribution < 1.29 is 9.53 Å². The Morgan fingerprint density at radius 3 is 2.94 bits per heavy atom. The van der Waals surface area contributed by atoms with Crippen molar-refractivity contribution in [1.29, 1.82) is 0 Å². The molecule has 2 rings (SSSR count). The topological polar surface area (TPSA) is 78.1 Å². The SMILES string of the molecule is COC(=O)c1ccc(Sc2ncns2)c(N)c1. The van der Waals surface area contributed by atoms with E-state index in [2.05, 4.69) is 14.1 Å². The zero-order valence-corrected chi connectivity index (χ0v) is 10.5. The van der Waals surface area contributed by atoms with E-state index in [4.69, 9.17) is 5.73 Å². The number of carbonyl (C=O) groups is 1. The minimum atomic E-state index is -0.399. The van der Waals surface area contributed by atoms with Crippen LogP contribution in [0, 0.1) is 0 Å². The van der Waals surface area contributed by atoms with Gasteiger partial charge < -0.3 is 10.5 Å². The van der Waals surface area contributed by atoms with Gasteiger partial charge in [-0.1, -0.05) is 11.8 Å². The summed E-state index contributed by atoms with van der Waals surface area (Å²) in [5.41, 5.74) is 6.82. The van der Waals surface area contributed by atoms with Gasteiger partial charge in [0.15, 0.2) is 4.34 Å². The molecule has 1 heterocycles. The summed E-state index contributed by atoms with van der Waals surface area (Å²) in [5, 5.41) is 0. The van der Waals surface area contributed by atoms with E-state index in [1.54, 1.807) is 18.2 Å². The minimum absolute atomic E-state index is 0.399. The molecule has 0 spiro atoms. The summed E-state index contributed by atoms with van der Waals surface area (Å²) in [6, 6.07) is 5.04. The predicted octanol–water partition coefficient (Wildman–Crippen LogP) is 2.06. The fraction of sp³-hybridized carbons (Fsp3) is 0.100. The highest BCUT2D eigenvalue weighted by Crippen LogP contribution is 2.32. The van der Waals surface area contributed by atoms with Gasteiger partial charge in [-0.15, -0.1) is 0 Å². The third kappa shape index (κ3) is 2.75. The summed E-state index contributed by atoms with van der Waals surface area (Å²) >= 11 is 2.71. The largest absolute Gasteiger partial charge is 0.465 e. The summed E-state index contributed by atoms with van der Waals surface area (Å²) < 4.78 is 9.33. The second-order valence-corrected chi connectivity index (χ2v) is 5.12. The molecule has 1 aromatic heterocycles. The van der Waals surface area contributed by atoms with Gasteiger partial charge in [0.1, 0.15) is 6.33 Å². The molecule has 0 fully saturated rings. The first-order chi connectivity index (χ1) is 8.20. The number of rotatable bonds is 3. The molecule has 88 valence electrons. The van der Waals surface area contributed by atoms with Crippen LogP contribution in [-0.4, -0.2) is 22.4 Å². The third-order valence-corrected chi connectivity index (χ3v) is 3.78. The molecule has 0 saturated heterocycles. The number of ether oxygens (including phenoxy) is 1. The second kappa shape index (κ2) is 5.15. The summed E-state index contributed by atoms with van der Waals surface area (Å²) in [5.74, 6) is -0.399. The molecule has 5 nitrogen and oxygen atoms in total. The van der Waals surface area contributed by atoms with Crippen LogP contribution >= 0.6 is 23.3 Å². The summed E-state index contributed by atoms with van der Waals surface area (Å²) in [6.07, 6.45) is 1.49. The van der Waals surface area contributed by atoms with Crippen LogP contribution in [0.15, 0.2) is 33.8 Å². The lowest BCUT2D eigenvalue weighted by molar-refractivity contribution is 0.0600. The summed E-state index contributed by atoms with van der Waals surface area (Å²) in [7, 11) is 1.34. The van der Waals surface area contributed by atoms with Gasteiger partial charge in [0.05, 0.1) is 12.7 Å². The molecule has 1 aromatic carbocycles. The molecule has 0 aliphatic carbocycles. The van der Waals surface area contributed by atoms with Crippen LogP contribution in [0.2, 0.25) is 0 Å². The fourth-order valence-electron chi connectivity index (χ4n) is 1.19. The Balaban J connectivity index is 2.23. The lowest BCUT2D eigenvalue weighted by Gasteiger charge is -2.05. The maximum Gasteiger partial charge on any atom is 0.337 e. The molecule has 0 unspecified atom stereocenters. The van der Waals surface area contributed by atoms with Crippen molar-refractivity contribution >= 4 is 35.0 Å². The van der Waals surface area contributed by atoms with Crippen LogP contribution in [0.1, 0.15) is 10.4 Å². The zero-order chi connectivity index (χ0) is 12.3. The Labute approximate surface area is 106 Å². The van der Waals surface area contributed by atoms with Crippen molar-refractivity contribution in [3.8, 4) is 0 Å². The lowest BCUT2D eigenvalue weighted by Crippen LogP contribution is -2.02. The van der Waals surface area contributed by atoms with Crippen molar-refractivity contribution in [1.82, 2.24) is 9.36 Å². The Kier molecular flexibility index (Phi) is 3.60. The van der Waals surface area contributed by atoms with E-state index >= 15 is 0 Å². The first-order valence-corrected chi connectivity index (χ1v) is 6.22. The second-order valence-electron chi connectivity index (χ2n) is 3.05. The van der Waals surface area contributed by atoms with Crippen molar-refractivity contribution in [3.63, 3.8) is 0 Å². The van der Waals surface area contributed by atoms with Crippen molar-refractivity contribution in [2.75, 3.05) is 12.8 Å². The van der Waals surface area contributed by atoms with Gasteiger partial charge in [-0.05, 0) is 29.7 Å². The van der Waals surface area contributed by atoms with Crippen molar-refractivity contribution in [2.24, 2.45) is 0 Å². The highest BCUT2D eigenvalue weighted by atomic mass is 32.2. The quantitative estimate of drug-likeness (QED) is 0.677. The molecular weight excluding hydrogens is 258 g/mol. The minimum Gasteiger partial charge on any atom is -0.465 e. The molecule has 0 bridgehead atoms. The molecule has 0 atom stereocenters. The van der Waals surface area contributed by atoms with Crippen LogP contribution < -0.4 is 5.73 Å². The van der Waals surface area contributed by atoms with Gasteiger partial charge in [-0.2, -0.15) is 4.37 Å². The first kappa shape index (κ1) is 11.9. The van der Waals surface area contributed by atoms with E-state index in [1.807, 2.05) is 0 Å². The molecule has 7 heteroatoms. The van der Waals surface area contributed by atoms with Crippen LogP contribution in [0.25, 0.3) is 0 Å². The molecule has 2 aromatic rings. The Hall–Kier alpha value is -1.60. The lowest BCUT2D eigenvalue weighted by atomic mass is 10.2. The normalized spacial score (nSPS) is 10.2. The number of nitrogens with zero attached hydrogens (tertiary/aromatic N) is 2. The van der Waals surface area contributed by atoms with E-state index in [9.17, 15) is 4.79 Å². The molecule has 0 aliphatic rings. The molecule has 0 amide bonds. The average molecular weight is 267 g/mol. The van der Waals surface area contributed by atoms with Gasteiger partial charge >= 0.3 is 5.97 Å². The first-order valence-electron chi connectivity index (χ1n) is 4.63. The van der Waals surface area contributed by atoms with E-state index < -0.39 is 5.97 Å². The smallest absolute Gasteiger partial charge is 0.337 e. The third-order valence-electron chi connectivity index (χ3n) is 1.97. The zero-order valence-electron chi connectivity index (χ0n) is 8.91. The molecule has 2 N–H and O–H groups in total. The fourth-order valence-corrected chi connectivity index (χ4v) is 2.62. The Morgan fingerprint density at radius 1 is 1.53 bits per heavy atom. The molecule has 0 radical (unpaired) electrons. The predicted molar refractivity (Wildman–Crippen MR) is 66.2 cm³/mol. The number of methoxy groups -OCH3 is 1. The Bertz CT molecular complexity index is 528. The highest BCUT2D eigenvalue weighted by molar-refractivity contribution is 8.01. The van der Waals surface area contributed by atoms with Gasteiger partial charge in [0.25, 0.3) is 0 Å². The maximum atomic E-state index is 11.3. The molecule has 0 aliphatic heterocycles. The number of esters is 1. The van der Waals surface area contributed by atoms with Gasteiger partial charge in [0.2, 0.25) is 0 Å². The number of anilines is 1. The summed E-state index contributed by atoms with van der Waals surface area (Å²) in [6.45, 7) is 0. The number of carbonyl (C=O) groups excluding carboxylic acids is 1. The van der Waals surface area contributed by atoms with E-state index in [-0.39, 0.29) is 0 Å². The van der Waals surface area contributed by atoms with Crippen LogP contribution in [-0.2, 0) is 4.74 Å². The monoisotopic (exact) mass is 267 g/mol. The van der Waals surface area contributed by atoms with Gasteiger partial charge in [0, 0.05) is 10.6 Å². The number of aromatic nitrogens is 2. The van der Waals surface area contributed by atoms with Gasteiger partial charge in [-0.3, -0.25) is 0 Å². The number of nitrogen functional groups attached to an aromatic ring is 1. The highest BCUT2D eigenvalue weighted by Gasteiger charge is 2.09. The van der Waals surface area contributed by atoms with Crippen LogP contribution in [0.4, 0.5) is 5.69 Å². The van der Waals surface area contributed by atoms with Crippen molar-refractivity contribution in [2.45, 2.75) is 9.24 Å². The van der Waals surface area contributed by atoms with E-state index in [1.165, 1.54) is 36.7 Å². The van der Waals surface area contributed by atoms with Crippen LogP contribution in [0.3, 0.4) is 0 Å². The maximum absolute atomic E-state index is 11.3.